The van der Waals surface area contributed by atoms with Crippen LogP contribution in [0.2, 0.25) is 0 Å². The Morgan fingerprint density at radius 3 is 2.92 bits per heavy atom. The topological polar surface area (TPSA) is 47.1 Å². The van der Waals surface area contributed by atoms with Crippen molar-refractivity contribution in [2.24, 2.45) is 0 Å². The number of oxazole rings is 1. The number of nitrogens with zero attached hydrogens (tertiary/aromatic N) is 4. The summed E-state index contributed by atoms with van der Waals surface area (Å²) in [4.78, 5) is 7.15. The number of hydrogen-bond acceptors (Lipinski definition) is 4. The third kappa shape index (κ3) is 3.26. The van der Waals surface area contributed by atoms with E-state index < -0.39 is 0 Å². The first-order chi connectivity index (χ1) is 11.8. The summed E-state index contributed by atoms with van der Waals surface area (Å²) in [7, 11) is 0. The lowest BCUT2D eigenvalue weighted by molar-refractivity contribution is 0.216. The minimum Gasteiger partial charge on any atom is -0.444 e. The molecule has 0 amide bonds. The lowest BCUT2D eigenvalue weighted by atomic mass is 10.2. The van der Waals surface area contributed by atoms with Crippen LogP contribution in [-0.4, -0.2) is 32.3 Å². The van der Waals surface area contributed by atoms with E-state index in [9.17, 15) is 0 Å². The first-order valence-corrected chi connectivity index (χ1v) is 8.51. The summed E-state index contributed by atoms with van der Waals surface area (Å²) >= 11 is 0. The zero-order valence-electron chi connectivity index (χ0n) is 13.9. The van der Waals surface area contributed by atoms with Crippen molar-refractivity contribution in [3.8, 4) is 11.5 Å². The van der Waals surface area contributed by atoms with Gasteiger partial charge in [0.05, 0.1) is 18.4 Å². The van der Waals surface area contributed by atoms with Gasteiger partial charge in [0.15, 0.2) is 0 Å². The Labute approximate surface area is 141 Å². The van der Waals surface area contributed by atoms with Crippen molar-refractivity contribution in [3.63, 3.8) is 0 Å². The second-order valence-electron chi connectivity index (χ2n) is 6.52. The lowest BCUT2D eigenvalue weighted by Gasteiger charge is -2.23. The van der Waals surface area contributed by atoms with Crippen LogP contribution >= 0.6 is 0 Å². The first kappa shape index (κ1) is 15.1. The smallest absolute Gasteiger partial charge is 0.226 e. The summed E-state index contributed by atoms with van der Waals surface area (Å²) < 4.78 is 7.71. The highest BCUT2D eigenvalue weighted by Crippen LogP contribution is 2.23. The molecule has 124 valence electrons. The second kappa shape index (κ2) is 6.61. The number of benzene rings is 1. The molecule has 0 unspecified atom stereocenters. The Bertz CT molecular complexity index is 793. The molecule has 1 saturated heterocycles. The van der Waals surface area contributed by atoms with Gasteiger partial charge >= 0.3 is 0 Å². The van der Waals surface area contributed by atoms with E-state index >= 15 is 0 Å². The van der Waals surface area contributed by atoms with Crippen molar-refractivity contribution < 1.29 is 4.42 Å². The van der Waals surface area contributed by atoms with Gasteiger partial charge in [-0.25, -0.2) is 4.98 Å². The molecule has 0 bridgehead atoms. The average molecular weight is 322 g/mol. The Morgan fingerprint density at radius 1 is 1.25 bits per heavy atom. The van der Waals surface area contributed by atoms with Gasteiger partial charge in [-0.15, -0.1) is 0 Å². The summed E-state index contributed by atoms with van der Waals surface area (Å²) in [6.45, 7) is 4.97. The maximum Gasteiger partial charge on any atom is 0.226 e. The normalized spacial score (nSPS) is 18.3. The third-order valence-electron chi connectivity index (χ3n) is 4.60. The fourth-order valence-electron chi connectivity index (χ4n) is 3.39. The van der Waals surface area contributed by atoms with Crippen LogP contribution in [0.15, 0.2) is 53.4 Å². The molecule has 1 aliphatic rings. The van der Waals surface area contributed by atoms with Crippen molar-refractivity contribution in [2.45, 2.75) is 38.9 Å². The summed E-state index contributed by atoms with van der Waals surface area (Å²) in [5.41, 5.74) is 3.23. The predicted octanol–water partition coefficient (Wildman–Crippen LogP) is 3.51. The van der Waals surface area contributed by atoms with Crippen LogP contribution in [0, 0.1) is 6.92 Å². The van der Waals surface area contributed by atoms with E-state index in [0.29, 0.717) is 11.9 Å². The van der Waals surface area contributed by atoms with E-state index in [0.717, 1.165) is 30.9 Å². The molecule has 0 spiro atoms. The Balaban J connectivity index is 1.43. The number of rotatable bonds is 5. The highest BCUT2D eigenvalue weighted by atomic mass is 16.3. The monoisotopic (exact) mass is 322 g/mol. The minimum atomic E-state index is 0.515. The van der Waals surface area contributed by atoms with Crippen LogP contribution in [-0.2, 0) is 13.1 Å². The molecule has 1 aromatic carbocycles. The summed E-state index contributed by atoms with van der Waals surface area (Å²) in [6, 6.07) is 10.6. The zero-order chi connectivity index (χ0) is 16.4. The Hall–Kier alpha value is -2.40. The van der Waals surface area contributed by atoms with E-state index in [2.05, 4.69) is 32.8 Å². The quantitative estimate of drug-likeness (QED) is 0.721. The minimum absolute atomic E-state index is 0.515. The standard InChI is InChI=1S/C19H22N4O/c1-15-10-20-23(11-15)13-18-8-5-9-22(18)12-17-14-24-19(21-17)16-6-3-2-4-7-16/h2-4,6-7,10-11,14,18H,5,8-9,12-13H2,1H3/t18-/m1/s1. The van der Waals surface area contributed by atoms with Gasteiger partial charge in [0.1, 0.15) is 6.26 Å². The van der Waals surface area contributed by atoms with Crippen molar-refractivity contribution in [3.05, 3.63) is 60.2 Å². The SMILES string of the molecule is Cc1cnn(C[C@H]2CCCN2Cc2coc(-c3ccccc3)n2)c1. The van der Waals surface area contributed by atoms with Crippen LogP contribution in [0.5, 0.6) is 0 Å². The van der Waals surface area contributed by atoms with E-state index in [4.69, 9.17) is 4.42 Å². The molecule has 1 aliphatic heterocycles. The summed E-state index contributed by atoms with van der Waals surface area (Å²) in [5, 5.41) is 4.42. The molecule has 0 saturated carbocycles. The van der Waals surface area contributed by atoms with Gasteiger partial charge in [-0.05, 0) is 44.0 Å². The molecular weight excluding hydrogens is 300 g/mol. The molecule has 4 rings (SSSR count). The van der Waals surface area contributed by atoms with Crippen molar-refractivity contribution in [1.82, 2.24) is 19.7 Å². The number of aromatic nitrogens is 3. The highest BCUT2D eigenvalue weighted by molar-refractivity contribution is 5.52. The molecule has 0 aliphatic carbocycles. The molecule has 1 atom stereocenters. The van der Waals surface area contributed by atoms with Gasteiger partial charge in [-0.3, -0.25) is 9.58 Å². The molecule has 0 N–H and O–H groups in total. The van der Waals surface area contributed by atoms with Crippen molar-refractivity contribution in [2.75, 3.05) is 6.54 Å². The number of likely N-dealkylation sites (tertiary alicyclic amines) is 1. The van der Waals surface area contributed by atoms with Gasteiger partial charge in [-0.2, -0.15) is 5.10 Å². The largest absolute Gasteiger partial charge is 0.444 e. The maximum absolute atomic E-state index is 5.66. The predicted molar refractivity (Wildman–Crippen MR) is 92.3 cm³/mol. The first-order valence-electron chi connectivity index (χ1n) is 8.51. The van der Waals surface area contributed by atoms with Crippen LogP contribution < -0.4 is 0 Å². The van der Waals surface area contributed by atoms with E-state index in [1.54, 1.807) is 6.26 Å². The third-order valence-corrected chi connectivity index (χ3v) is 4.60. The molecule has 3 heterocycles. The van der Waals surface area contributed by atoms with Crippen LogP contribution in [0.1, 0.15) is 24.1 Å². The van der Waals surface area contributed by atoms with E-state index in [-0.39, 0.29) is 0 Å². The molecule has 24 heavy (non-hydrogen) atoms. The molecular formula is C19H22N4O. The number of aryl methyl sites for hydroxylation is 1. The van der Waals surface area contributed by atoms with Gasteiger partial charge in [0.2, 0.25) is 5.89 Å². The second-order valence-corrected chi connectivity index (χ2v) is 6.52. The molecule has 1 fully saturated rings. The number of hydrogen-bond donors (Lipinski definition) is 0. The average Bonchev–Trinajstić information content (AvgIpc) is 3.32. The van der Waals surface area contributed by atoms with Crippen LogP contribution in [0.3, 0.4) is 0 Å². The van der Waals surface area contributed by atoms with Crippen LogP contribution in [0.4, 0.5) is 0 Å². The van der Waals surface area contributed by atoms with E-state index in [1.807, 2.05) is 36.5 Å². The van der Waals surface area contributed by atoms with Crippen molar-refractivity contribution in [1.29, 1.82) is 0 Å². The fourth-order valence-corrected chi connectivity index (χ4v) is 3.39. The lowest BCUT2D eigenvalue weighted by Crippen LogP contribution is -2.32. The molecule has 0 radical (unpaired) electrons. The molecule has 5 heteroatoms. The van der Waals surface area contributed by atoms with Crippen LogP contribution in [0.25, 0.3) is 11.5 Å². The van der Waals surface area contributed by atoms with Gasteiger partial charge in [-0.1, -0.05) is 18.2 Å². The molecule has 2 aromatic heterocycles. The Kier molecular flexibility index (Phi) is 4.17. The Morgan fingerprint density at radius 2 is 2.12 bits per heavy atom. The van der Waals surface area contributed by atoms with E-state index in [1.165, 1.54) is 18.4 Å². The zero-order valence-corrected chi connectivity index (χ0v) is 13.9. The van der Waals surface area contributed by atoms with Gasteiger partial charge in [0, 0.05) is 24.3 Å². The summed E-state index contributed by atoms with van der Waals surface area (Å²) in [5.74, 6) is 0.698. The van der Waals surface area contributed by atoms with Gasteiger partial charge in [0.25, 0.3) is 0 Å². The fraction of sp³-hybridized carbons (Fsp3) is 0.368. The molecule has 3 aromatic rings. The van der Waals surface area contributed by atoms with Gasteiger partial charge < -0.3 is 4.42 Å². The van der Waals surface area contributed by atoms with Crippen molar-refractivity contribution >= 4 is 0 Å². The molecule has 5 nitrogen and oxygen atoms in total. The maximum atomic E-state index is 5.66. The summed E-state index contributed by atoms with van der Waals surface area (Å²) in [6.07, 6.45) is 8.26. The highest BCUT2D eigenvalue weighted by Gasteiger charge is 2.26.